The smallest absolute Gasteiger partial charge is 0.220 e. The van der Waals surface area contributed by atoms with E-state index in [1.807, 2.05) is 6.08 Å². The lowest BCUT2D eigenvalue weighted by molar-refractivity contribution is -0.302. The maximum atomic E-state index is 12.9. The number of nitrogens with one attached hydrogen (secondary N) is 1. The van der Waals surface area contributed by atoms with Gasteiger partial charge in [0.2, 0.25) is 5.91 Å². The van der Waals surface area contributed by atoms with E-state index in [1.54, 1.807) is 6.08 Å². The van der Waals surface area contributed by atoms with Crippen molar-refractivity contribution in [2.45, 2.75) is 301 Å². The lowest BCUT2D eigenvalue weighted by Gasteiger charge is -2.40. The molecular weight excluding hydrogens is 839 g/mol. The predicted octanol–water partition coefficient (Wildman–Crippen LogP) is 13.7. The zero-order chi connectivity index (χ0) is 48.7. The molecule has 67 heavy (non-hydrogen) atoms. The molecule has 0 aliphatic carbocycles. The number of amides is 1. The number of unbranched alkanes of at least 4 members (excludes halogenated alkanes) is 32. The molecule has 0 aromatic heterocycles. The van der Waals surface area contributed by atoms with E-state index in [2.05, 4.69) is 55.6 Å². The van der Waals surface area contributed by atoms with Gasteiger partial charge in [0.05, 0.1) is 25.4 Å². The van der Waals surface area contributed by atoms with E-state index < -0.39 is 49.5 Å². The lowest BCUT2D eigenvalue weighted by atomic mass is 9.99. The summed E-state index contributed by atoms with van der Waals surface area (Å²) in [7, 11) is 0. The summed E-state index contributed by atoms with van der Waals surface area (Å²) in [6.07, 6.45) is 57.0. The molecule has 1 fully saturated rings. The highest BCUT2D eigenvalue weighted by Crippen LogP contribution is 2.23. The second-order valence-corrected chi connectivity index (χ2v) is 19.7. The number of carbonyl (C=O) groups excluding carboxylic acids is 1. The first-order valence-corrected chi connectivity index (χ1v) is 28.4. The van der Waals surface area contributed by atoms with Gasteiger partial charge in [0, 0.05) is 6.42 Å². The molecule has 1 aliphatic heterocycles. The van der Waals surface area contributed by atoms with Gasteiger partial charge in [-0.25, -0.2) is 0 Å². The molecule has 7 unspecified atom stereocenters. The fourth-order valence-corrected chi connectivity index (χ4v) is 8.87. The number of aliphatic hydroxyl groups is 5. The van der Waals surface area contributed by atoms with Crippen LogP contribution in [0.15, 0.2) is 48.6 Å². The number of ether oxygens (including phenoxy) is 2. The summed E-state index contributed by atoms with van der Waals surface area (Å²) in [4.78, 5) is 12.9. The summed E-state index contributed by atoms with van der Waals surface area (Å²) in [6, 6.07) is -0.799. The van der Waals surface area contributed by atoms with Crippen LogP contribution in [0.5, 0.6) is 0 Å². The number of hydrogen-bond donors (Lipinski definition) is 6. The van der Waals surface area contributed by atoms with Gasteiger partial charge in [-0.05, 0) is 57.8 Å². The van der Waals surface area contributed by atoms with E-state index in [0.717, 1.165) is 57.8 Å². The Bertz CT molecular complexity index is 1190. The van der Waals surface area contributed by atoms with Gasteiger partial charge in [0.1, 0.15) is 24.4 Å². The van der Waals surface area contributed by atoms with Gasteiger partial charge in [-0.3, -0.25) is 4.79 Å². The van der Waals surface area contributed by atoms with Crippen LogP contribution in [-0.2, 0) is 14.3 Å². The molecule has 0 spiro atoms. The van der Waals surface area contributed by atoms with Gasteiger partial charge >= 0.3 is 0 Å². The molecule has 0 radical (unpaired) electrons. The average Bonchev–Trinajstić information content (AvgIpc) is 3.33. The molecule has 392 valence electrons. The first-order chi connectivity index (χ1) is 32.8. The highest BCUT2D eigenvalue weighted by atomic mass is 16.7. The van der Waals surface area contributed by atoms with Gasteiger partial charge in [-0.2, -0.15) is 0 Å². The van der Waals surface area contributed by atoms with Gasteiger partial charge in [-0.1, -0.05) is 242 Å². The second-order valence-electron chi connectivity index (χ2n) is 19.7. The summed E-state index contributed by atoms with van der Waals surface area (Å²) in [6.45, 7) is 3.65. The Morgan fingerprint density at radius 2 is 0.881 bits per heavy atom. The maximum Gasteiger partial charge on any atom is 0.220 e. The Balaban J connectivity index is 1.94. The van der Waals surface area contributed by atoms with Crippen molar-refractivity contribution >= 4 is 5.91 Å². The van der Waals surface area contributed by atoms with Crippen molar-refractivity contribution < 1.29 is 39.8 Å². The molecule has 1 amide bonds. The van der Waals surface area contributed by atoms with Crippen LogP contribution >= 0.6 is 0 Å². The predicted molar refractivity (Wildman–Crippen MR) is 281 cm³/mol. The number of carbonyl (C=O) groups is 1. The number of allylic oxidation sites excluding steroid dienone is 7. The Morgan fingerprint density at radius 1 is 0.507 bits per heavy atom. The molecule has 0 bridgehead atoms. The number of aliphatic hydroxyl groups excluding tert-OH is 5. The van der Waals surface area contributed by atoms with Crippen LogP contribution in [0.1, 0.15) is 258 Å². The third-order valence-corrected chi connectivity index (χ3v) is 13.4. The Labute approximate surface area is 412 Å². The summed E-state index contributed by atoms with van der Waals surface area (Å²) in [5.41, 5.74) is 0. The minimum atomic E-state index is -1.56. The van der Waals surface area contributed by atoms with E-state index in [0.29, 0.717) is 6.42 Å². The van der Waals surface area contributed by atoms with Crippen molar-refractivity contribution in [2.75, 3.05) is 13.2 Å². The van der Waals surface area contributed by atoms with Crippen LogP contribution < -0.4 is 5.32 Å². The minimum absolute atomic E-state index is 0.181. The summed E-state index contributed by atoms with van der Waals surface area (Å²) in [5, 5.41) is 53.8. The zero-order valence-electron chi connectivity index (χ0n) is 43.4. The SMILES string of the molecule is CCCCC/C=C/C(O)C(COC1OC(CO)C(O)C(O)C1O)NC(=O)CCCCCCCCCCCCCCCCCCCCCCCCCC/C=C\C/C=C\C/C=C\CCCCCCC. The third-order valence-electron chi connectivity index (χ3n) is 13.4. The van der Waals surface area contributed by atoms with E-state index in [4.69, 9.17) is 9.47 Å². The van der Waals surface area contributed by atoms with Crippen LogP contribution in [0.25, 0.3) is 0 Å². The molecule has 9 nitrogen and oxygen atoms in total. The van der Waals surface area contributed by atoms with Crippen molar-refractivity contribution in [1.29, 1.82) is 0 Å². The molecule has 0 aromatic rings. The normalized spacial score (nSPS) is 20.0. The number of hydrogen-bond acceptors (Lipinski definition) is 8. The summed E-state index contributed by atoms with van der Waals surface area (Å²) >= 11 is 0. The van der Waals surface area contributed by atoms with Gasteiger partial charge in [0.25, 0.3) is 0 Å². The minimum Gasteiger partial charge on any atom is -0.394 e. The second kappa shape index (κ2) is 47.8. The molecule has 1 saturated heterocycles. The maximum absolute atomic E-state index is 12.9. The van der Waals surface area contributed by atoms with Gasteiger partial charge in [0.15, 0.2) is 6.29 Å². The quantitative estimate of drug-likeness (QED) is 0.0261. The van der Waals surface area contributed by atoms with Crippen LogP contribution in [0.2, 0.25) is 0 Å². The standard InChI is InChI=1S/C58H107NO8/c1-3-5-7-9-10-11-12-13-14-15-16-17-18-19-20-21-22-23-24-25-26-27-28-29-30-31-32-33-34-35-36-37-38-39-40-41-42-44-46-48-54(62)59-51(52(61)47-45-43-8-6-4-2)50-66-58-57(65)56(64)55(63)53(49-60)67-58/h12-13,15-16,18-19,45,47,51-53,55-58,60-61,63-65H,3-11,14,17,20-44,46,48-50H2,1-2H3,(H,59,62)/b13-12-,16-15-,19-18-,47-45+. The van der Waals surface area contributed by atoms with Crippen molar-refractivity contribution in [3.63, 3.8) is 0 Å². The highest BCUT2D eigenvalue weighted by Gasteiger charge is 2.44. The van der Waals surface area contributed by atoms with E-state index in [-0.39, 0.29) is 12.5 Å². The van der Waals surface area contributed by atoms with Gasteiger partial charge in [-0.15, -0.1) is 0 Å². The third kappa shape index (κ3) is 37.6. The molecule has 0 saturated carbocycles. The topological polar surface area (TPSA) is 149 Å². The van der Waals surface area contributed by atoms with Crippen LogP contribution in [0.4, 0.5) is 0 Å². The van der Waals surface area contributed by atoms with Crippen LogP contribution in [-0.4, -0.2) is 87.5 Å². The van der Waals surface area contributed by atoms with Crippen molar-refractivity contribution in [2.24, 2.45) is 0 Å². The average molecular weight is 946 g/mol. The molecule has 1 heterocycles. The van der Waals surface area contributed by atoms with Crippen LogP contribution in [0, 0.1) is 0 Å². The van der Waals surface area contributed by atoms with E-state index in [9.17, 15) is 30.3 Å². The van der Waals surface area contributed by atoms with Crippen molar-refractivity contribution in [3.8, 4) is 0 Å². The summed E-state index contributed by atoms with van der Waals surface area (Å²) < 4.78 is 11.1. The fourth-order valence-electron chi connectivity index (χ4n) is 8.87. The molecule has 9 heteroatoms. The van der Waals surface area contributed by atoms with E-state index >= 15 is 0 Å². The molecule has 7 atom stereocenters. The fraction of sp³-hybridized carbons (Fsp3) is 0.845. The molecule has 0 aromatic carbocycles. The monoisotopic (exact) mass is 946 g/mol. The highest BCUT2D eigenvalue weighted by molar-refractivity contribution is 5.76. The largest absolute Gasteiger partial charge is 0.394 e. The molecule has 1 aliphatic rings. The Morgan fingerprint density at radius 3 is 1.33 bits per heavy atom. The van der Waals surface area contributed by atoms with Crippen molar-refractivity contribution in [1.82, 2.24) is 5.32 Å². The van der Waals surface area contributed by atoms with Gasteiger partial charge < -0.3 is 40.3 Å². The van der Waals surface area contributed by atoms with E-state index in [1.165, 1.54) is 180 Å². The lowest BCUT2D eigenvalue weighted by Crippen LogP contribution is -2.60. The van der Waals surface area contributed by atoms with Crippen molar-refractivity contribution in [3.05, 3.63) is 48.6 Å². The Kier molecular flexibility index (Phi) is 45.1. The summed E-state index contributed by atoms with van der Waals surface area (Å²) in [5.74, 6) is -0.181. The number of rotatable bonds is 48. The Hall–Kier alpha value is -1.85. The van der Waals surface area contributed by atoms with Crippen LogP contribution in [0.3, 0.4) is 0 Å². The first-order valence-electron chi connectivity index (χ1n) is 28.4. The zero-order valence-corrected chi connectivity index (χ0v) is 43.4. The molecular formula is C58H107NO8. The molecule has 6 N–H and O–H groups in total. The first kappa shape index (κ1) is 63.2. The molecule has 1 rings (SSSR count).